The summed E-state index contributed by atoms with van der Waals surface area (Å²) in [7, 11) is -2.13. The Morgan fingerprint density at radius 2 is 1.60 bits per heavy atom. The van der Waals surface area contributed by atoms with E-state index in [9.17, 15) is 13.2 Å². The van der Waals surface area contributed by atoms with Crippen molar-refractivity contribution in [3.63, 3.8) is 0 Å². The molecule has 0 atom stereocenters. The van der Waals surface area contributed by atoms with E-state index in [0.717, 1.165) is 5.56 Å². The molecule has 132 valence electrons. The minimum atomic E-state index is -3.48. The fourth-order valence-electron chi connectivity index (χ4n) is 2.18. The van der Waals surface area contributed by atoms with Gasteiger partial charge in [0.15, 0.2) is 0 Å². The molecule has 0 bridgehead atoms. The molecule has 0 spiro atoms. The lowest BCUT2D eigenvalue weighted by Gasteiger charge is -2.06. The van der Waals surface area contributed by atoms with Crippen LogP contribution in [0.4, 0.5) is 5.69 Å². The largest absolute Gasteiger partial charge is 0.323 e. The molecule has 1 amide bonds. The standard InChI is InChI=1S/C19H22N2O3S/c1-14(2)16-7-4-15(5-8-16)6-13-19(22)21-17-9-11-18(12-10-17)25(23,24)20-3/h4-14,20H,1-3H3,(H,21,22)/b13-6+. The van der Waals surface area contributed by atoms with Crippen LogP contribution in [0.25, 0.3) is 6.08 Å². The fraction of sp³-hybridized carbons (Fsp3) is 0.211. The van der Waals surface area contributed by atoms with Crippen molar-refractivity contribution in [1.29, 1.82) is 0 Å². The summed E-state index contributed by atoms with van der Waals surface area (Å²) in [5.41, 5.74) is 2.72. The lowest BCUT2D eigenvalue weighted by atomic mass is 10.0. The summed E-state index contributed by atoms with van der Waals surface area (Å²) in [6.45, 7) is 4.26. The number of carbonyl (C=O) groups excluding carboxylic acids is 1. The molecule has 0 radical (unpaired) electrons. The molecule has 2 aromatic carbocycles. The molecule has 25 heavy (non-hydrogen) atoms. The Bertz CT molecular complexity index is 853. The van der Waals surface area contributed by atoms with Gasteiger partial charge in [0.1, 0.15) is 0 Å². The quantitative estimate of drug-likeness (QED) is 0.778. The SMILES string of the molecule is CNS(=O)(=O)c1ccc(NC(=O)/C=C/c2ccc(C(C)C)cc2)cc1. The van der Waals surface area contributed by atoms with E-state index in [0.29, 0.717) is 11.6 Å². The number of sulfonamides is 1. The average molecular weight is 358 g/mol. The molecule has 0 aliphatic rings. The molecule has 2 aromatic rings. The topological polar surface area (TPSA) is 75.3 Å². The van der Waals surface area contributed by atoms with Gasteiger partial charge in [-0.2, -0.15) is 0 Å². The van der Waals surface area contributed by atoms with Crippen molar-refractivity contribution in [3.8, 4) is 0 Å². The third-order valence-electron chi connectivity index (χ3n) is 3.73. The Balaban J connectivity index is 2.00. The predicted octanol–water partition coefficient (Wildman–Crippen LogP) is 3.37. The average Bonchev–Trinajstić information content (AvgIpc) is 2.61. The first-order valence-electron chi connectivity index (χ1n) is 7.94. The maximum Gasteiger partial charge on any atom is 0.248 e. The Labute approximate surface area is 148 Å². The van der Waals surface area contributed by atoms with Crippen molar-refractivity contribution in [2.24, 2.45) is 0 Å². The number of nitrogens with one attached hydrogen (secondary N) is 2. The minimum absolute atomic E-state index is 0.147. The number of amides is 1. The van der Waals surface area contributed by atoms with Crippen LogP contribution >= 0.6 is 0 Å². The van der Waals surface area contributed by atoms with E-state index in [1.165, 1.54) is 30.8 Å². The van der Waals surface area contributed by atoms with Crippen molar-refractivity contribution in [3.05, 3.63) is 65.7 Å². The van der Waals surface area contributed by atoms with Gasteiger partial charge in [-0.3, -0.25) is 4.79 Å². The smallest absolute Gasteiger partial charge is 0.248 e. The van der Waals surface area contributed by atoms with Crippen LogP contribution in [0.1, 0.15) is 30.9 Å². The highest BCUT2D eigenvalue weighted by Gasteiger charge is 2.10. The highest BCUT2D eigenvalue weighted by atomic mass is 32.2. The summed E-state index contributed by atoms with van der Waals surface area (Å²) in [5.74, 6) is 0.188. The summed E-state index contributed by atoms with van der Waals surface area (Å²) in [6, 6.07) is 14.0. The van der Waals surface area contributed by atoms with Gasteiger partial charge >= 0.3 is 0 Å². The van der Waals surface area contributed by atoms with Gasteiger partial charge in [-0.15, -0.1) is 0 Å². The van der Waals surface area contributed by atoms with E-state index in [2.05, 4.69) is 23.9 Å². The van der Waals surface area contributed by atoms with E-state index in [1.807, 2.05) is 24.3 Å². The van der Waals surface area contributed by atoms with E-state index in [-0.39, 0.29) is 10.8 Å². The zero-order valence-electron chi connectivity index (χ0n) is 14.5. The van der Waals surface area contributed by atoms with E-state index < -0.39 is 10.0 Å². The van der Waals surface area contributed by atoms with Crippen LogP contribution in [0.15, 0.2) is 59.5 Å². The van der Waals surface area contributed by atoms with Crippen molar-refractivity contribution in [2.75, 3.05) is 12.4 Å². The Hall–Kier alpha value is -2.44. The number of benzene rings is 2. The van der Waals surface area contributed by atoms with Crippen LogP contribution in [0.3, 0.4) is 0 Å². The summed E-state index contributed by atoms with van der Waals surface area (Å²) in [6.07, 6.45) is 3.18. The molecule has 0 aliphatic heterocycles. The molecule has 0 fully saturated rings. The number of rotatable bonds is 6. The Morgan fingerprint density at radius 3 is 2.12 bits per heavy atom. The zero-order chi connectivity index (χ0) is 18.4. The van der Waals surface area contributed by atoms with E-state index in [1.54, 1.807) is 18.2 Å². The van der Waals surface area contributed by atoms with Gasteiger partial charge in [-0.1, -0.05) is 38.1 Å². The molecular weight excluding hydrogens is 336 g/mol. The molecule has 0 unspecified atom stereocenters. The predicted molar refractivity (Wildman–Crippen MR) is 101 cm³/mol. The molecule has 0 heterocycles. The lowest BCUT2D eigenvalue weighted by Crippen LogP contribution is -2.18. The van der Waals surface area contributed by atoms with Crippen molar-refractivity contribution in [2.45, 2.75) is 24.7 Å². The van der Waals surface area contributed by atoms with Gasteiger partial charge < -0.3 is 5.32 Å². The second-order valence-corrected chi connectivity index (χ2v) is 7.76. The van der Waals surface area contributed by atoms with Crippen LogP contribution < -0.4 is 10.0 Å². The monoisotopic (exact) mass is 358 g/mol. The molecule has 0 saturated heterocycles. The summed E-state index contributed by atoms with van der Waals surface area (Å²) >= 11 is 0. The van der Waals surface area contributed by atoms with Gasteiger partial charge in [-0.25, -0.2) is 13.1 Å². The van der Waals surface area contributed by atoms with Crippen LogP contribution in [0.2, 0.25) is 0 Å². The van der Waals surface area contributed by atoms with Gasteiger partial charge in [-0.05, 0) is 54.4 Å². The Kier molecular flexibility index (Phi) is 6.12. The summed E-state index contributed by atoms with van der Waals surface area (Å²) in [5, 5.41) is 2.70. The minimum Gasteiger partial charge on any atom is -0.323 e. The summed E-state index contributed by atoms with van der Waals surface area (Å²) < 4.78 is 25.5. The number of hydrogen-bond acceptors (Lipinski definition) is 3. The third kappa shape index (κ3) is 5.27. The van der Waals surface area contributed by atoms with Crippen molar-refractivity contribution in [1.82, 2.24) is 4.72 Å². The Morgan fingerprint density at radius 1 is 1.00 bits per heavy atom. The van der Waals surface area contributed by atoms with Crippen molar-refractivity contribution < 1.29 is 13.2 Å². The van der Waals surface area contributed by atoms with Crippen LogP contribution in [0.5, 0.6) is 0 Å². The highest BCUT2D eigenvalue weighted by Crippen LogP contribution is 2.16. The van der Waals surface area contributed by atoms with Crippen LogP contribution in [0, 0.1) is 0 Å². The maximum absolute atomic E-state index is 12.0. The third-order valence-corrected chi connectivity index (χ3v) is 5.16. The maximum atomic E-state index is 12.0. The molecule has 6 heteroatoms. The molecule has 2 N–H and O–H groups in total. The molecule has 2 rings (SSSR count). The first-order chi connectivity index (χ1) is 11.8. The first-order valence-corrected chi connectivity index (χ1v) is 9.43. The van der Waals surface area contributed by atoms with Gasteiger partial charge in [0.2, 0.25) is 15.9 Å². The van der Waals surface area contributed by atoms with Gasteiger partial charge in [0.05, 0.1) is 4.90 Å². The molecule has 0 aromatic heterocycles. The fourth-order valence-corrected chi connectivity index (χ4v) is 2.91. The number of anilines is 1. The zero-order valence-corrected chi connectivity index (χ0v) is 15.3. The second-order valence-electron chi connectivity index (χ2n) is 5.88. The van der Waals surface area contributed by atoms with E-state index in [4.69, 9.17) is 0 Å². The lowest BCUT2D eigenvalue weighted by molar-refractivity contribution is -0.111. The van der Waals surface area contributed by atoms with E-state index >= 15 is 0 Å². The number of hydrogen-bond donors (Lipinski definition) is 2. The van der Waals surface area contributed by atoms with Gasteiger partial charge in [0.25, 0.3) is 0 Å². The first kappa shape index (κ1) is 18.9. The molecule has 0 saturated carbocycles. The molecule has 5 nitrogen and oxygen atoms in total. The summed E-state index contributed by atoms with van der Waals surface area (Å²) in [4.78, 5) is 12.1. The normalized spacial score (nSPS) is 11.8. The second kappa shape index (κ2) is 8.09. The van der Waals surface area contributed by atoms with Gasteiger partial charge in [0, 0.05) is 11.8 Å². The van der Waals surface area contributed by atoms with Crippen molar-refractivity contribution >= 4 is 27.7 Å². The molecule has 0 aliphatic carbocycles. The number of carbonyl (C=O) groups is 1. The molecular formula is C19H22N2O3S. The van der Waals surface area contributed by atoms with Crippen LogP contribution in [-0.4, -0.2) is 21.4 Å². The highest BCUT2D eigenvalue weighted by molar-refractivity contribution is 7.89. The van der Waals surface area contributed by atoms with Crippen LogP contribution in [-0.2, 0) is 14.8 Å².